The third-order valence-electron chi connectivity index (χ3n) is 2.53. The van der Waals surface area contributed by atoms with Crippen molar-refractivity contribution in [2.75, 3.05) is 0 Å². The zero-order valence-electron chi connectivity index (χ0n) is 9.76. The number of aromatic nitrogens is 2. The van der Waals surface area contributed by atoms with Crippen LogP contribution in [-0.2, 0) is 11.5 Å². The van der Waals surface area contributed by atoms with Gasteiger partial charge in [-0.05, 0) is 12.1 Å². The largest absolute Gasteiger partial charge is 0.434 e. The average Bonchev–Trinajstić information content (AvgIpc) is 2.82. The third-order valence-corrected chi connectivity index (χ3v) is 3.03. The first-order chi connectivity index (χ1) is 9.32. The molecule has 0 spiro atoms. The normalized spacial score (nSPS) is 11.6. The maximum absolute atomic E-state index is 12.6. The van der Waals surface area contributed by atoms with Crippen molar-refractivity contribution >= 4 is 21.6 Å². The molecule has 2 aromatic rings. The van der Waals surface area contributed by atoms with Gasteiger partial charge in [0.2, 0.25) is 0 Å². The van der Waals surface area contributed by atoms with Crippen molar-refractivity contribution in [3.63, 3.8) is 0 Å². The van der Waals surface area contributed by atoms with E-state index in [1.165, 1.54) is 28.8 Å². The number of imidazole rings is 1. The number of rotatable bonds is 3. The average molecular weight is 350 g/mol. The van der Waals surface area contributed by atoms with Gasteiger partial charge in [-0.2, -0.15) is 13.2 Å². The quantitative estimate of drug-likeness (QED) is 0.482. The lowest BCUT2D eigenvalue weighted by Crippen LogP contribution is -2.05. The summed E-state index contributed by atoms with van der Waals surface area (Å²) in [5, 5.41) is 10.7. The fourth-order valence-corrected chi connectivity index (χ4v) is 2.00. The minimum atomic E-state index is -4.54. The molecule has 5 nitrogen and oxygen atoms in total. The van der Waals surface area contributed by atoms with Gasteiger partial charge in [0.05, 0.1) is 10.3 Å². The smallest absolute Gasteiger partial charge is 0.302 e. The first-order valence-electron chi connectivity index (χ1n) is 5.29. The Kier molecular flexibility index (Phi) is 3.80. The summed E-state index contributed by atoms with van der Waals surface area (Å²) in [6.07, 6.45) is -3.68. The lowest BCUT2D eigenvalue weighted by molar-refractivity contribution is -0.384. The van der Waals surface area contributed by atoms with Gasteiger partial charge < -0.3 is 4.57 Å². The van der Waals surface area contributed by atoms with Crippen LogP contribution in [0.25, 0.3) is 5.69 Å². The molecule has 0 unspecified atom stereocenters. The molecule has 106 valence electrons. The Bertz CT molecular complexity index is 637. The van der Waals surface area contributed by atoms with Crippen LogP contribution in [0.2, 0.25) is 0 Å². The molecule has 2 rings (SSSR count). The van der Waals surface area contributed by atoms with E-state index >= 15 is 0 Å². The number of hydrogen-bond acceptors (Lipinski definition) is 3. The number of nitrogens with zero attached hydrogens (tertiary/aromatic N) is 3. The molecule has 0 saturated heterocycles. The first-order valence-corrected chi connectivity index (χ1v) is 6.41. The molecule has 0 saturated carbocycles. The van der Waals surface area contributed by atoms with Crippen LogP contribution in [0.5, 0.6) is 0 Å². The molecule has 0 aliphatic heterocycles. The van der Waals surface area contributed by atoms with Crippen molar-refractivity contribution in [1.29, 1.82) is 0 Å². The Balaban J connectivity index is 2.46. The Morgan fingerprint density at radius 1 is 1.30 bits per heavy atom. The fourth-order valence-electron chi connectivity index (χ4n) is 1.61. The highest BCUT2D eigenvalue weighted by molar-refractivity contribution is 9.08. The van der Waals surface area contributed by atoms with Gasteiger partial charge in [-0.1, -0.05) is 15.9 Å². The number of nitro benzene ring substituents is 1. The predicted octanol–water partition coefficient (Wildman–Crippen LogP) is 3.69. The van der Waals surface area contributed by atoms with Crippen molar-refractivity contribution in [3.05, 3.63) is 52.1 Å². The molecule has 1 aromatic carbocycles. The van der Waals surface area contributed by atoms with Gasteiger partial charge in [0, 0.05) is 24.0 Å². The third kappa shape index (κ3) is 2.82. The monoisotopic (exact) mass is 349 g/mol. The van der Waals surface area contributed by atoms with Crippen LogP contribution in [0.3, 0.4) is 0 Å². The molecule has 0 bridgehead atoms. The molecule has 0 N–H and O–H groups in total. The lowest BCUT2D eigenvalue weighted by atomic mass is 10.3. The molecule has 9 heteroatoms. The molecular formula is C11H7BrF3N3O2. The van der Waals surface area contributed by atoms with Crippen LogP contribution in [0.15, 0.2) is 30.5 Å². The highest BCUT2D eigenvalue weighted by atomic mass is 79.9. The Hall–Kier alpha value is -1.90. The van der Waals surface area contributed by atoms with Crippen molar-refractivity contribution in [1.82, 2.24) is 9.55 Å². The highest BCUT2D eigenvalue weighted by Crippen LogP contribution is 2.30. The van der Waals surface area contributed by atoms with Crippen LogP contribution in [0.1, 0.15) is 11.5 Å². The number of nitro groups is 1. The molecule has 20 heavy (non-hydrogen) atoms. The second kappa shape index (κ2) is 5.23. The summed E-state index contributed by atoms with van der Waals surface area (Å²) in [7, 11) is 0. The lowest BCUT2D eigenvalue weighted by Gasteiger charge is -2.05. The maximum atomic E-state index is 12.6. The van der Waals surface area contributed by atoms with Crippen LogP contribution in [0, 0.1) is 10.1 Å². The number of non-ortho nitro benzene ring substituents is 1. The molecule has 1 aromatic heterocycles. The topological polar surface area (TPSA) is 61.0 Å². The molecule has 0 aliphatic rings. The van der Waals surface area contributed by atoms with Crippen molar-refractivity contribution in [2.45, 2.75) is 11.5 Å². The Morgan fingerprint density at radius 3 is 2.35 bits per heavy atom. The number of alkyl halides is 4. The minimum absolute atomic E-state index is 0.125. The van der Waals surface area contributed by atoms with E-state index in [2.05, 4.69) is 20.9 Å². The molecule has 0 fully saturated rings. The van der Waals surface area contributed by atoms with Gasteiger partial charge >= 0.3 is 6.18 Å². The zero-order chi connectivity index (χ0) is 14.9. The fraction of sp³-hybridized carbons (Fsp3) is 0.182. The van der Waals surface area contributed by atoms with Gasteiger partial charge in [-0.25, -0.2) is 4.98 Å². The van der Waals surface area contributed by atoms with E-state index in [4.69, 9.17) is 0 Å². The Morgan fingerprint density at radius 2 is 1.90 bits per heavy atom. The Labute approximate surface area is 119 Å². The summed E-state index contributed by atoms with van der Waals surface area (Å²) in [5.41, 5.74) is -0.774. The summed E-state index contributed by atoms with van der Waals surface area (Å²) in [5.74, 6) is 0.158. The van der Waals surface area contributed by atoms with E-state index in [-0.39, 0.29) is 16.8 Å². The summed E-state index contributed by atoms with van der Waals surface area (Å²) in [6.45, 7) is 0. The molecular weight excluding hydrogens is 343 g/mol. The number of benzene rings is 1. The summed E-state index contributed by atoms with van der Waals surface area (Å²) in [6, 6.07) is 5.18. The second-order valence-electron chi connectivity index (χ2n) is 3.82. The SMILES string of the molecule is O=[N+]([O-])c1ccc(-n2cc(C(F)(F)F)nc2CBr)cc1. The van der Waals surface area contributed by atoms with Crippen LogP contribution in [-0.4, -0.2) is 14.5 Å². The van der Waals surface area contributed by atoms with E-state index in [1.807, 2.05) is 0 Å². The summed E-state index contributed by atoms with van der Waals surface area (Å²) >= 11 is 3.06. The van der Waals surface area contributed by atoms with E-state index in [1.54, 1.807) is 0 Å². The van der Waals surface area contributed by atoms with Gasteiger partial charge in [0.1, 0.15) is 5.82 Å². The standard InChI is InChI=1S/C11H7BrF3N3O2/c12-5-10-16-9(11(13,14)15)6-17(10)7-1-3-8(4-2-7)18(19)20/h1-4,6H,5H2. The van der Waals surface area contributed by atoms with E-state index in [9.17, 15) is 23.3 Å². The van der Waals surface area contributed by atoms with Gasteiger partial charge in [-0.15, -0.1) is 0 Å². The highest BCUT2D eigenvalue weighted by Gasteiger charge is 2.34. The zero-order valence-corrected chi connectivity index (χ0v) is 11.3. The molecule has 0 aliphatic carbocycles. The maximum Gasteiger partial charge on any atom is 0.434 e. The van der Waals surface area contributed by atoms with E-state index in [0.29, 0.717) is 5.69 Å². The minimum Gasteiger partial charge on any atom is -0.302 e. The number of halogens is 4. The van der Waals surface area contributed by atoms with E-state index < -0.39 is 16.8 Å². The van der Waals surface area contributed by atoms with Gasteiger partial charge in [0.15, 0.2) is 5.69 Å². The van der Waals surface area contributed by atoms with Crippen LogP contribution >= 0.6 is 15.9 Å². The van der Waals surface area contributed by atoms with E-state index in [0.717, 1.165) is 6.20 Å². The van der Waals surface area contributed by atoms with Crippen molar-refractivity contribution in [2.24, 2.45) is 0 Å². The van der Waals surface area contributed by atoms with Crippen LogP contribution in [0.4, 0.5) is 18.9 Å². The van der Waals surface area contributed by atoms with Gasteiger partial charge in [-0.3, -0.25) is 10.1 Å². The summed E-state index contributed by atoms with van der Waals surface area (Å²) in [4.78, 5) is 13.4. The van der Waals surface area contributed by atoms with Gasteiger partial charge in [0.25, 0.3) is 5.69 Å². The molecule has 1 heterocycles. The first kappa shape index (κ1) is 14.5. The van der Waals surface area contributed by atoms with Crippen molar-refractivity contribution < 1.29 is 18.1 Å². The number of hydrogen-bond donors (Lipinski definition) is 0. The predicted molar refractivity (Wildman–Crippen MR) is 67.9 cm³/mol. The van der Waals surface area contributed by atoms with Crippen LogP contribution < -0.4 is 0 Å². The molecule has 0 radical (unpaired) electrons. The molecule has 0 atom stereocenters. The molecule has 0 amide bonds. The van der Waals surface area contributed by atoms with Crippen molar-refractivity contribution in [3.8, 4) is 5.69 Å². The second-order valence-corrected chi connectivity index (χ2v) is 4.38. The summed E-state index contributed by atoms with van der Waals surface area (Å²) < 4.78 is 39.1.